The molecule has 0 aliphatic carbocycles. The number of hydrogen-bond donors (Lipinski definition) is 2. The Kier molecular flexibility index (Phi) is 6.01. The van der Waals surface area contributed by atoms with Crippen LogP contribution in [0.1, 0.15) is 30.1 Å². The number of hydrazine groups is 1. The summed E-state index contributed by atoms with van der Waals surface area (Å²) >= 11 is 0. The summed E-state index contributed by atoms with van der Waals surface area (Å²) in [5.41, 5.74) is 3.51. The van der Waals surface area contributed by atoms with Gasteiger partial charge in [0.25, 0.3) is 11.8 Å². The number of halogens is 3. The molecule has 0 atom stereocenters. The Bertz CT molecular complexity index is 704. The second-order valence-electron chi connectivity index (χ2n) is 5.50. The zero-order valence-corrected chi connectivity index (χ0v) is 13.9. The van der Waals surface area contributed by atoms with Crippen molar-refractivity contribution in [3.05, 3.63) is 23.6 Å². The van der Waals surface area contributed by atoms with Gasteiger partial charge < -0.3 is 9.64 Å². The number of piperidine rings is 1. The molecule has 0 unspecified atom stereocenters. The third kappa shape index (κ3) is 4.83. The molecule has 0 bridgehead atoms. The van der Waals surface area contributed by atoms with E-state index in [2.05, 4.69) is 9.72 Å². The minimum Gasteiger partial charge on any atom is -0.459 e. The highest BCUT2D eigenvalue weighted by Crippen LogP contribution is 2.30. The lowest BCUT2D eigenvalue weighted by Crippen LogP contribution is -2.45. The lowest BCUT2D eigenvalue weighted by atomic mass is 10.1. The van der Waals surface area contributed by atoms with E-state index in [1.54, 1.807) is 0 Å². The molecule has 1 fully saturated rings. The monoisotopic (exact) mass is 374 g/mol. The molecule has 0 saturated carbocycles. The Morgan fingerprint density at radius 2 is 1.92 bits per heavy atom. The standard InChI is InChI=1S/C15H17F3N4O4/c1-2-26-14(25)13(24)21-20-12(23)9-7-10(16)11(19-8-9)22-5-3-15(17,18)4-6-22/h7-8H,2-6H2,1H3,(H,20,23)(H,21,24). The van der Waals surface area contributed by atoms with Crippen molar-refractivity contribution < 1.29 is 32.3 Å². The molecular weight excluding hydrogens is 357 g/mol. The number of esters is 1. The zero-order valence-electron chi connectivity index (χ0n) is 13.9. The maximum absolute atomic E-state index is 14.2. The number of nitrogens with one attached hydrogen (secondary N) is 2. The van der Waals surface area contributed by atoms with Crippen LogP contribution in [-0.4, -0.2) is 48.4 Å². The number of pyridine rings is 1. The van der Waals surface area contributed by atoms with Gasteiger partial charge in [0.2, 0.25) is 0 Å². The largest absolute Gasteiger partial charge is 0.459 e. The van der Waals surface area contributed by atoms with Crippen molar-refractivity contribution in [3.63, 3.8) is 0 Å². The van der Waals surface area contributed by atoms with Crippen LogP contribution in [0.4, 0.5) is 19.0 Å². The number of anilines is 1. The van der Waals surface area contributed by atoms with Crippen LogP contribution in [0.2, 0.25) is 0 Å². The molecule has 11 heteroatoms. The van der Waals surface area contributed by atoms with Gasteiger partial charge in [-0.2, -0.15) is 0 Å². The topological polar surface area (TPSA) is 101 Å². The fourth-order valence-electron chi connectivity index (χ4n) is 2.27. The minimum atomic E-state index is -2.77. The second kappa shape index (κ2) is 8.02. The molecule has 2 amide bonds. The predicted octanol–water partition coefficient (Wildman–Crippen LogP) is 0.780. The first kappa shape index (κ1) is 19.5. The lowest BCUT2D eigenvalue weighted by molar-refractivity contribution is -0.154. The first-order valence-electron chi connectivity index (χ1n) is 7.79. The Balaban J connectivity index is 1.97. The lowest BCUT2D eigenvalue weighted by Gasteiger charge is -2.32. The fourth-order valence-corrected chi connectivity index (χ4v) is 2.27. The summed E-state index contributed by atoms with van der Waals surface area (Å²) in [6.07, 6.45) is 0.226. The molecule has 1 aliphatic heterocycles. The summed E-state index contributed by atoms with van der Waals surface area (Å²) < 4.78 is 44.9. The maximum atomic E-state index is 14.2. The number of amides is 2. The number of carbonyl (C=O) groups excluding carboxylic acids is 3. The van der Waals surface area contributed by atoms with Gasteiger partial charge in [0, 0.05) is 32.1 Å². The molecule has 26 heavy (non-hydrogen) atoms. The van der Waals surface area contributed by atoms with Gasteiger partial charge in [-0.05, 0) is 13.0 Å². The number of aromatic nitrogens is 1. The van der Waals surface area contributed by atoms with Crippen molar-refractivity contribution in [2.24, 2.45) is 0 Å². The smallest absolute Gasteiger partial charge is 0.398 e. The molecule has 1 aromatic rings. The summed E-state index contributed by atoms with van der Waals surface area (Å²) in [6.45, 7) is 1.37. The highest BCUT2D eigenvalue weighted by molar-refractivity contribution is 6.32. The van der Waals surface area contributed by atoms with E-state index in [1.807, 2.05) is 10.9 Å². The SMILES string of the molecule is CCOC(=O)C(=O)NNC(=O)c1cnc(N2CCC(F)(F)CC2)c(F)c1. The van der Waals surface area contributed by atoms with E-state index in [4.69, 9.17) is 0 Å². The van der Waals surface area contributed by atoms with Gasteiger partial charge in [0.1, 0.15) is 0 Å². The molecule has 0 aromatic carbocycles. The highest BCUT2D eigenvalue weighted by atomic mass is 19.3. The number of nitrogens with zero attached hydrogens (tertiary/aromatic N) is 2. The molecule has 0 radical (unpaired) electrons. The van der Waals surface area contributed by atoms with Crippen molar-refractivity contribution >= 4 is 23.6 Å². The van der Waals surface area contributed by atoms with E-state index in [-0.39, 0.29) is 31.1 Å². The van der Waals surface area contributed by atoms with Crippen LogP contribution in [0.5, 0.6) is 0 Å². The van der Waals surface area contributed by atoms with Crippen molar-refractivity contribution in [1.82, 2.24) is 15.8 Å². The van der Waals surface area contributed by atoms with Gasteiger partial charge in [0.15, 0.2) is 11.6 Å². The summed E-state index contributed by atoms with van der Waals surface area (Å²) in [7, 11) is 0. The summed E-state index contributed by atoms with van der Waals surface area (Å²) in [4.78, 5) is 39.4. The molecule has 1 saturated heterocycles. The fraction of sp³-hybridized carbons (Fsp3) is 0.467. The Morgan fingerprint density at radius 3 is 2.50 bits per heavy atom. The van der Waals surface area contributed by atoms with E-state index < -0.39 is 42.4 Å². The second-order valence-corrected chi connectivity index (χ2v) is 5.50. The van der Waals surface area contributed by atoms with Crippen molar-refractivity contribution in [2.75, 3.05) is 24.6 Å². The van der Waals surface area contributed by atoms with Gasteiger partial charge in [-0.25, -0.2) is 22.9 Å². The Labute approximate surface area is 146 Å². The predicted molar refractivity (Wildman–Crippen MR) is 82.8 cm³/mol. The minimum absolute atomic E-state index is 0.0147. The molecule has 2 N–H and O–H groups in total. The summed E-state index contributed by atoms with van der Waals surface area (Å²) in [5, 5.41) is 0. The first-order chi connectivity index (χ1) is 12.2. The third-order valence-corrected chi connectivity index (χ3v) is 3.63. The van der Waals surface area contributed by atoms with Crippen LogP contribution in [0.25, 0.3) is 0 Å². The summed E-state index contributed by atoms with van der Waals surface area (Å²) in [6, 6.07) is 0.862. The average Bonchev–Trinajstić information content (AvgIpc) is 2.60. The van der Waals surface area contributed by atoms with Crippen LogP contribution in [-0.2, 0) is 14.3 Å². The van der Waals surface area contributed by atoms with Crippen molar-refractivity contribution in [2.45, 2.75) is 25.7 Å². The molecule has 142 valence electrons. The van der Waals surface area contributed by atoms with E-state index in [0.717, 1.165) is 12.3 Å². The molecular formula is C15H17F3N4O4. The molecule has 2 heterocycles. The number of rotatable bonds is 3. The average molecular weight is 374 g/mol. The van der Waals surface area contributed by atoms with Gasteiger partial charge in [0.05, 0.1) is 12.2 Å². The van der Waals surface area contributed by atoms with E-state index in [9.17, 15) is 27.6 Å². The maximum Gasteiger partial charge on any atom is 0.398 e. The summed E-state index contributed by atoms with van der Waals surface area (Å²) in [5.74, 6) is -7.06. The van der Waals surface area contributed by atoms with Crippen molar-refractivity contribution in [1.29, 1.82) is 0 Å². The van der Waals surface area contributed by atoms with Gasteiger partial charge in [-0.1, -0.05) is 0 Å². The van der Waals surface area contributed by atoms with E-state index >= 15 is 0 Å². The normalized spacial score (nSPS) is 15.9. The number of hydrogen-bond acceptors (Lipinski definition) is 6. The van der Waals surface area contributed by atoms with Gasteiger partial charge in [-0.15, -0.1) is 0 Å². The molecule has 8 nitrogen and oxygen atoms in total. The molecule has 1 aliphatic rings. The van der Waals surface area contributed by atoms with Gasteiger partial charge >= 0.3 is 11.9 Å². The Hall–Kier alpha value is -2.85. The van der Waals surface area contributed by atoms with Crippen LogP contribution in [0.3, 0.4) is 0 Å². The zero-order chi connectivity index (χ0) is 19.3. The van der Waals surface area contributed by atoms with Crippen LogP contribution >= 0.6 is 0 Å². The number of ether oxygens (including phenoxy) is 1. The third-order valence-electron chi connectivity index (χ3n) is 3.63. The first-order valence-corrected chi connectivity index (χ1v) is 7.79. The van der Waals surface area contributed by atoms with Gasteiger partial charge in [-0.3, -0.25) is 20.4 Å². The molecule has 0 spiro atoms. The highest BCUT2D eigenvalue weighted by Gasteiger charge is 2.35. The van der Waals surface area contributed by atoms with Crippen LogP contribution in [0, 0.1) is 5.82 Å². The Morgan fingerprint density at radius 1 is 1.27 bits per heavy atom. The number of carbonyl (C=O) groups is 3. The van der Waals surface area contributed by atoms with Crippen LogP contribution in [0.15, 0.2) is 12.3 Å². The van der Waals surface area contributed by atoms with Crippen LogP contribution < -0.4 is 15.8 Å². The molecule has 1 aromatic heterocycles. The van der Waals surface area contributed by atoms with Crippen molar-refractivity contribution in [3.8, 4) is 0 Å². The quantitative estimate of drug-likeness (QED) is 0.461. The molecule has 2 rings (SSSR count). The number of alkyl halides is 2. The van der Waals surface area contributed by atoms with E-state index in [0.29, 0.717) is 0 Å². The van der Waals surface area contributed by atoms with E-state index in [1.165, 1.54) is 11.8 Å².